The monoisotopic (exact) mass is 255 g/mol. The fourth-order valence-electron chi connectivity index (χ4n) is 1.21. The molecule has 0 saturated heterocycles. The molecule has 1 heterocycles. The molecule has 0 unspecified atom stereocenters. The average Bonchev–Trinajstić information content (AvgIpc) is 2.73. The minimum absolute atomic E-state index is 0.103. The molecule has 0 radical (unpaired) electrons. The third-order valence-electron chi connectivity index (χ3n) is 2.08. The van der Waals surface area contributed by atoms with Gasteiger partial charge in [-0.2, -0.15) is 0 Å². The van der Waals surface area contributed by atoms with Gasteiger partial charge in [-0.3, -0.25) is 4.79 Å². The maximum Gasteiger partial charge on any atom is 0.328 e. The van der Waals surface area contributed by atoms with Crippen LogP contribution in [0.15, 0.2) is 17.5 Å². The average molecular weight is 255 g/mol. The Morgan fingerprint density at radius 3 is 2.82 bits per heavy atom. The molecule has 17 heavy (non-hydrogen) atoms. The Morgan fingerprint density at radius 2 is 2.24 bits per heavy atom. The number of thiophene rings is 1. The first-order valence-corrected chi connectivity index (χ1v) is 5.79. The molecule has 0 aliphatic rings. The number of aliphatic hydroxyl groups excluding tert-OH is 1. The summed E-state index contributed by atoms with van der Waals surface area (Å²) in [6.45, 7) is 0.146. The Labute approximate surface area is 103 Å². The van der Waals surface area contributed by atoms with Crippen LogP contribution in [0.2, 0.25) is 0 Å². The highest BCUT2D eigenvalue weighted by molar-refractivity contribution is 7.12. The molecule has 5 nitrogen and oxygen atoms in total. The number of rotatable bonds is 5. The summed E-state index contributed by atoms with van der Waals surface area (Å²) >= 11 is 1.25. The molecular formula is C11H13NO4S. The van der Waals surface area contributed by atoms with Crippen molar-refractivity contribution in [2.75, 3.05) is 20.2 Å². The van der Waals surface area contributed by atoms with Gasteiger partial charge in [-0.25, -0.2) is 4.79 Å². The minimum atomic E-state index is -1.06. The Bertz CT molecular complexity index is 438. The maximum absolute atomic E-state index is 11.9. The second-order valence-electron chi connectivity index (χ2n) is 3.33. The normalized spacial score (nSPS) is 10.7. The fraction of sp³-hybridized carbons (Fsp3) is 0.273. The van der Waals surface area contributed by atoms with Gasteiger partial charge in [0.1, 0.15) is 0 Å². The number of aliphatic carboxylic acids is 1. The van der Waals surface area contributed by atoms with E-state index in [1.54, 1.807) is 18.5 Å². The number of carbonyl (C=O) groups excluding carboxylic acids is 1. The Kier molecular flexibility index (Phi) is 4.86. The fourth-order valence-corrected chi connectivity index (χ4v) is 2.09. The zero-order chi connectivity index (χ0) is 12.8. The smallest absolute Gasteiger partial charge is 0.328 e. The number of carboxylic acid groups (broad SMARTS) is 1. The highest BCUT2D eigenvalue weighted by atomic mass is 32.1. The lowest BCUT2D eigenvalue weighted by molar-refractivity contribution is -0.131. The van der Waals surface area contributed by atoms with E-state index in [2.05, 4.69) is 0 Å². The van der Waals surface area contributed by atoms with Crippen LogP contribution in [-0.4, -0.2) is 47.2 Å². The zero-order valence-electron chi connectivity index (χ0n) is 9.29. The zero-order valence-corrected chi connectivity index (χ0v) is 10.1. The minimum Gasteiger partial charge on any atom is -0.478 e. The first-order chi connectivity index (χ1) is 8.06. The number of hydrogen-bond donors (Lipinski definition) is 2. The highest BCUT2D eigenvalue weighted by Crippen LogP contribution is 2.19. The van der Waals surface area contributed by atoms with Gasteiger partial charge in [-0.15, -0.1) is 11.3 Å². The molecule has 0 aromatic carbocycles. The molecule has 1 aromatic heterocycles. The summed E-state index contributed by atoms with van der Waals surface area (Å²) in [5.74, 6) is -1.28. The Hall–Kier alpha value is -1.66. The largest absolute Gasteiger partial charge is 0.478 e. The number of amides is 1. The van der Waals surface area contributed by atoms with Crippen molar-refractivity contribution >= 4 is 29.3 Å². The quantitative estimate of drug-likeness (QED) is 0.767. The molecule has 0 aliphatic heterocycles. The third-order valence-corrected chi connectivity index (χ3v) is 3.00. The van der Waals surface area contributed by atoms with Gasteiger partial charge in [0.15, 0.2) is 0 Å². The van der Waals surface area contributed by atoms with Gasteiger partial charge in [-0.1, -0.05) is 0 Å². The van der Waals surface area contributed by atoms with Crippen LogP contribution in [-0.2, 0) is 4.79 Å². The summed E-state index contributed by atoms with van der Waals surface area (Å²) in [6, 6.07) is 1.68. The lowest BCUT2D eigenvalue weighted by Gasteiger charge is -2.14. The molecule has 6 heteroatoms. The molecule has 92 valence electrons. The molecule has 0 atom stereocenters. The molecule has 1 aromatic rings. The number of nitrogens with zero attached hydrogens (tertiary/aromatic N) is 1. The van der Waals surface area contributed by atoms with Crippen molar-refractivity contribution in [3.8, 4) is 0 Å². The van der Waals surface area contributed by atoms with Crippen LogP contribution in [0.1, 0.15) is 15.2 Å². The molecule has 0 saturated carbocycles. The Balaban J connectivity index is 2.88. The van der Waals surface area contributed by atoms with Gasteiger partial charge in [0.25, 0.3) is 5.91 Å². The van der Waals surface area contributed by atoms with E-state index in [9.17, 15) is 9.59 Å². The van der Waals surface area contributed by atoms with Crippen molar-refractivity contribution in [1.29, 1.82) is 0 Å². The highest BCUT2D eigenvalue weighted by Gasteiger charge is 2.15. The predicted molar refractivity (Wildman–Crippen MR) is 65.0 cm³/mol. The van der Waals surface area contributed by atoms with Gasteiger partial charge in [0.2, 0.25) is 0 Å². The number of likely N-dealkylation sites (N-methyl/N-ethyl adjacent to an activating group) is 1. The number of carbonyl (C=O) groups is 2. The van der Waals surface area contributed by atoms with E-state index >= 15 is 0 Å². The molecule has 0 fully saturated rings. The van der Waals surface area contributed by atoms with Gasteiger partial charge >= 0.3 is 5.97 Å². The van der Waals surface area contributed by atoms with Crippen LogP contribution >= 0.6 is 11.3 Å². The third kappa shape index (κ3) is 3.69. The Morgan fingerprint density at radius 1 is 1.53 bits per heavy atom. The van der Waals surface area contributed by atoms with Crippen molar-refractivity contribution < 1.29 is 19.8 Å². The van der Waals surface area contributed by atoms with Crippen molar-refractivity contribution in [1.82, 2.24) is 4.90 Å². The van der Waals surface area contributed by atoms with E-state index < -0.39 is 5.97 Å². The van der Waals surface area contributed by atoms with Gasteiger partial charge < -0.3 is 15.1 Å². The topological polar surface area (TPSA) is 77.8 Å². The molecule has 1 rings (SSSR count). The molecular weight excluding hydrogens is 242 g/mol. The summed E-state index contributed by atoms with van der Waals surface area (Å²) in [7, 11) is 1.59. The van der Waals surface area contributed by atoms with Crippen LogP contribution in [0.4, 0.5) is 0 Å². The van der Waals surface area contributed by atoms with Crippen LogP contribution in [0.5, 0.6) is 0 Å². The van der Waals surface area contributed by atoms with Gasteiger partial charge in [0, 0.05) is 19.7 Å². The van der Waals surface area contributed by atoms with Gasteiger partial charge in [0.05, 0.1) is 11.5 Å². The number of carboxylic acids is 1. The van der Waals surface area contributed by atoms with Crippen molar-refractivity contribution in [3.63, 3.8) is 0 Å². The summed E-state index contributed by atoms with van der Waals surface area (Å²) in [6.07, 6.45) is 2.38. The second kappa shape index (κ2) is 6.17. The van der Waals surface area contributed by atoms with Crippen LogP contribution in [0.25, 0.3) is 6.08 Å². The van der Waals surface area contributed by atoms with E-state index in [-0.39, 0.29) is 19.1 Å². The molecule has 0 spiro atoms. The first kappa shape index (κ1) is 13.4. The van der Waals surface area contributed by atoms with Crippen molar-refractivity contribution in [2.24, 2.45) is 0 Å². The lowest BCUT2D eigenvalue weighted by Crippen LogP contribution is -2.29. The van der Waals surface area contributed by atoms with Crippen LogP contribution in [0.3, 0.4) is 0 Å². The number of hydrogen-bond acceptors (Lipinski definition) is 4. The predicted octanol–water partition coefficient (Wildman–Crippen LogP) is 0.910. The van der Waals surface area contributed by atoms with E-state index in [0.717, 1.165) is 6.08 Å². The van der Waals surface area contributed by atoms with Gasteiger partial charge in [-0.05, 0) is 23.1 Å². The molecule has 0 bridgehead atoms. The maximum atomic E-state index is 11.9. The van der Waals surface area contributed by atoms with E-state index in [4.69, 9.17) is 10.2 Å². The standard InChI is InChI=1S/C11H13NO4S/c1-12(5-6-13)11(16)10-8(4-7-17-10)2-3-9(14)15/h2-4,7,13H,5-6H2,1H3,(H,14,15). The summed E-state index contributed by atoms with van der Waals surface area (Å²) in [5.41, 5.74) is 0.576. The molecule has 2 N–H and O–H groups in total. The van der Waals surface area contributed by atoms with E-state index in [1.807, 2.05) is 0 Å². The van der Waals surface area contributed by atoms with E-state index in [0.29, 0.717) is 10.4 Å². The summed E-state index contributed by atoms with van der Waals surface area (Å²) in [4.78, 5) is 24.2. The number of aliphatic hydroxyl groups is 1. The van der Waals surface area contributed by atoms with Crippen LogP contribution < -0.4 is 0 Å². The second-order valence-corrected chi connectivity index (χ2v) is 4.24. The SMILES string of the molecule is CN(CCO)C(=O)c1sccc1C=CC(=O)O. The molecule has 1 amide bonds. The van der Waals surface area contributed by atoms with Crippen molar-refractivity contribution in [2.45, 2.75) is 0 Å². The summed E-state index contributed by atoms with van der Waals surface area (Å²) in [5, 5.41) is 19.0. The summed E-state index contributed by atoms with van der Waals surface area (Å²) < 4.78 is 0. The first-order valence-electron chi connectivity index (χ1n) is 4.91. The van der Waals surface area contributed by atoms with E-state index in [1.165, 1.54) is 22.3 Å². The van der Waals surface area contributed by atoms with Crippen LogP contribution in [0, 0.1) is 0 Å². The molecule has 0 aliphatic carbocycles. The van der Waals surface area contributed by atoms with Crippen molar-refractivity contribution in [3.05, 3.63) is 28.0 Å². The lowest BCUT2D eigenvalue weighted by atomic mass is 10.2.